The van der Waals surface area contributed by atoms with Gasteiger partial charge in [0.05, 0.1) is 17.7 Å². The number of rotatable bonds is 3. The molecule has 2 rings (SSSR count). The molecule has 1 aromatic rings. The van der Waals surface area contributed by atoms with Crippen LogP contribution >= 0.6 is 15.9 Å². The molecule has 1 saturated heterocycles. The van der Waals surface area contributed by atoms with Crippen molar-refractivity contribution in [3.8, 4) is 0 Å². The predicted molar refractivity (Wildman–Crippen MR) is 69.0 cm³/mol. The Balaban J connectivity index is 2.09. The van der Waals surface area contributed by atoms with Crippen LogP contribution in [0, 0.1) is 5.82 Å². The Kier molecular flexibility index (Phi) is 4.31. The lowest BCUT2D eigenvalue weighted by atomic mass is 10.1. The summed E-state index contributed by atoms with van der Waals surface area (Å²) in [6, 6.07) is 4.15. The molecule has 0 bridgehead atoms. The van der Waals surface area contributed by atoms with E-state index in [0.29, 0.717) is 17.6 Å². The number of hydrogen-bond donors (Lipinski definition) is 2. The molecule has 0 aromatic heterocycles. The third-order valence-electron chi connectivity index (χ3n) is 2.95. The molecule has 18 heavy (non-hydrogen) atoms. The van der Waals surface area contributed by atoms with Gasteiger partial charge in [-0.25, -0.2) is 4.39 Å². The Bertz CT molecular complexity index is 456. The number of methoxy groups -OCH3 is 1. The number of carbonyl (C=O) groups is 1. The third kappa shape index (κ3) is 2.88. The second-order valence-electron chi connectivity index (χ2n) is 4.14. The van der Waals surface area contributed by atoms with E-state index < -0.39 is 11.7 Å². The first kappa shape index (κ1) is 13.5. The van der Waals surface area contributed by atoms with Crippen molar-refractivity contribution in [3.63, 3.8) is 0 Å². The fraction of sp³-hybridized carbons (Fsp3) is 0.417. The van der Waals surface area contributed by atoms with E-state index in [2.05, 4.69) is 26.6 Å². The first-order valence-corrected chi connectivity index (χ1v) is 6.40. The molecular weight excluding hydrogens is 303 g/mol. The van der Waals surface area contributed by atoms with Gasteiger partial charge < -0.3 is 15.4 Å². The Labute approximate surface area is 113 Å². The Hall–Kier alpha value is -0.980. The van der Waals surface area contributed by atoms with E-state index >= 15 is 0 Å². The Morgan fingerprint density at radius 3 is 3.06 bits per heavy atom. The van der Waals surface area contributed by atoms with Crippen LogP contribution in [0.3, 0.4) is 0 Å². The Morgan fingerprint density at radius 1 is 1.56 bits per heavy atom. The molecule has 0 aliphatic carbocycles. The van der Waals surface area contributed by atoms with Gasteiger partial charge >= 0.3 is 0 Å². The fourth-order valence-electron chi connectivity index (χ4n) is 1.96. The van der Waals surface area contributed by atoms with Crippen LogP contribution in [0.5, 0.6) is 0 Å². The topological polar surface area (TPSA) is 50.4 Å². The molecule has 1 fully saturated rings. The monoisotopic (exact) mass is 316 g/mol. The summed E-state index contributed by atoms with van der Waals surface area (Å²) < 4.78 is 19.4. The highest BCUT2D eigenvalue weighted by atomic mass is 79.9. The SMILES string of the molecule is CO[C@@H]1CNCC1NC(=O)c1cc(Br)ccc1F. The number of amides is 1. The van der Waals surface area contributed by atoms with Gasteiger partial charge in [-0.05, 0) is 18.2 Å². The van der Waals surface area contributed by atoms with Crippen molar-refractivity contribution in [2.75, 3.05) is 20.2 Å². The van der Waals surface area contributed by atoms with Crippen molar-refractivity contribution in [1.29, 1.82) is 0 Å². The predicted octanol–water partition coefficient (Wildman–Crippen LogP) is 1.30. The molecule has 1 amide bonds. The molecule has 0 saturated carbocycles. The zero-order valence-corrected chi connectivity index (χ0v) is 11.5. The molecule has 2 N–H and O–H groups in total. The van der Waals surface area contributed by atoms with Crippen molar-refractivity contribution >= 4 is 21.8 Å². The largest absolute Gasteiger partial charge is 0.378 e. The highest BCUT2D eigenvalue weighted by Crippen LogP contribution is 2.16. The zero-order chi connectivity index (χ0) is 13.1. The highest BCUT2D eigenvalue weighted by molar-refractivity contribution is 9.10. The summed E-state index contributed by atoms with van der Waals surface area (Å²) >= 11 is 3.22. The lowest BCUT2D eigenvalue weighted by Crippen LogP contribution is -2.43. The van der Waals surface area contributed by atoms with E-state index in [4.69, 9.17) is 4.74 Å². The van der Waals surface area contributed by atoms with Gasteiger partial charge in [-0.3, -0.25) is 4.79 Å². The number of hydrogen-bond acceptors (Lipinski definition) is 3. The number of carbonyl (C=O) groups excluding carboxylic acids is 1. The number of benzene rings is 1. The first-order chi connectivity index (χ1) is 8.61. The minimum absolute atomic E-state index is 0.0335. The molecule has 4 nitrogen and oxygen atoms in total. The average Bonchev–Trinajstić information content (AvgIpc) is 2.79. The quantitative estimate of drug-likeness (QED) is 0.884. The number of nitrogens with one attached hydrogen (secondary N) is 2. The second kappa shape index (κ2) is 5.77. The van der Waals surface area contributed by atoms with Crippen molar-refractivity contribution in [2.45, 2.75) is 12.1 Å². The molecule has 98 valence electrons. The van der Waals surface area contributed by atoms with Gasteiger partial charge in [0, 0.05) is 24.7 Å². The average molecular weight is 317 g/mol. The summed E-state index contributed by atoms with van der Waals surface area (Å²) in [4.78, 5) is 12.0. The smallest absolute Gasteiger partial charge is 0.254 e. The normalized spacial score (nSPS) is 23.1. The summed E-state index contributed by atoms with van der Waals surface area (Å²) in [6.45, 7) is 1.31. The second-order valence-corrected chi connectivity index (χ2v) is 5.05. The van der Waals surface area contributed by atoms with Gasteiger partial charge in [-0.15, -0.1) is 0 Å². The third-order valence-corrected chi connectivity index (χ3v) is 3.44. The van der Waals surface area contributed by atoms with E-state index in [0.717, 1.165) is 0 Å². The summed E-state index contributed by atoms with van der Waals surface area (Å²) in [5.74, 6) is -0.958. The lowest BCUT2D eigenvalue weighted by molar-refractivity contribution is 0.0777. The van der Waals surface area contributed by atoms with Crippen molar-refractivity contribution < 1.29 is 13.9 Å². The van der Waals surface area contributed by atoms with Crippen LogP contribution in [0.25, 0.3) is 0 Å². The first-order valence-electron chi connectivity index (χ1n) is 5.61. The lowest BCUT2D eigenvalue weighted by Gasteiger charge is -2.18. The van der Waals surface area contributed by atoms with E-state index in [1.54, 1.807) is 13.2 Å². The maximum absolute atomic E-state index is 13.5. The van der Waals surface area contributed by atoms with Crippen LogP contribution in [0.15, 0.2) is 22.7 Å². The van der Waals surface area contributed by atoms with Crippen LogP contribution in [0.1, 0.15) is 10.4 Å². The van der Waals surface area contributed by atoms with E-state index in [1.807, 2.05) is 0 Å². The molecule has 1 aliphatic rings. The van der Waals surface area contributed by atoms with Crippen LogP contribution in [0.2, 0.25) is 0 Å². The van der Waals surface area contributed by atoms with E-state index in [9.17, 15) is 9.18 Å². The standard InChI is InChI=1S/C12H14BrFN2O2/c1-18-11-6-15-5-10(11)16-12(17)8-4-7(13)2-3-9(8)14/h2-4,10-11,15H,5-6H2,1H3,(H,16,17)/t10?,11-/m1/s1. The van der Waals surface area contributed by atoms with E-state index in [1.165, 1.54) is 12.1 Å². The molecule has 0 radical (unpaired) electrons. The minimum atomic E-state index is -0.532. The van der Waals surface area contributed by atoms with E-state index in [-0.39, 0.29) is 17.7 Å². The van der Waals surface area contributed by atoms with Gasteiger partial charge in [0.15, 0.2) is 0 Å². The Morgan fingerprint density at radius 2 is 2.33 bits per heavy atom. The van der Waals surface area contributed by atoms with Gasteiger partial charge in [-0.2, -0.15) is 0 Å². The molecule has 1 heterocycles. The van der Waals surface area contributed by atoms with Crippen LogP contribution in [0.4, 0.5) is 4.39 Å². The van der Waals surface area contributed by atoms with Gasteiger partial charge in [0.2, 0.25) is 0 Å². The molecule has 1 aliphatic heterocycles. The summed E-state index contributed by atoms with van der Waals surface area (Å²) in [6.07, 6.45) is -0.0795. The van der Waals surface area contributed by atoms with Crippen molar-refractivity contribution in [1.82, 2.24) is 10.6 Å². The van der Waals surface area contributed by atoms with Crippen LogP contribution in [-0.4, -0.2) is 38.3 Å². The summed E-state index contributed by atoms with van der Waals surface area (Å²) in [7, 11) is 1.59. The molecule has 0 spiro atoms. The maximum atomic E-state index is 13.5. The van der Waals surface area contributed by atoms with Crippen molar-refractivity contribution in [3.05, 3.63) is 34.1 Å². The zero-order valence-electron chi connectivity index (χ0n) is 9.87. The molecular formula is C12H14BrFN2O2. The maximum Gasteiger partial charge on any atom is 0.254 e. The molecule has 1 unspecified atom stereocenters. The number of halogens is 2. The molecule has 1 aromatic carbocycles. The highest BCUT2D eigenvalue weighted by Gasteiger charge is 2.29. The van der Waals surface area contributed by atoms with Crippen LogP contribution in [-0.2, 0) is 4.74 Å². The van der Waals surface area contributed by atoms with Gasteiger partial charge in [0.25, 0.3) is 5.91 Å². The summed E-state index contributed by atoms with van der Waals surface area (Å²) in [5.41, 5.74) is 0.0335. The molecule has 6 heteroatoms. The van der Waals surface area contributed by atoms with Crippen LogP contribution < -0.4 is 10.6 Å². The van der Waals surface area contributed by atoms with Gasteiger partial charge in [-0.1, -0.05) is 15.9 Å². The minimum Gasteiger partial charge on any atom is -0.378 e. The van der Waals surface area contributed by atoms with Gasteiger partial charge in [0.1, 0.15) is 5.82 Å². The fourth-order valence-corrected chi connectivity index (χ4v) is 2.33. The van der Waals surface area contributed by atoms with Crippen molar-refractivity contribution in [2.24, 2.45) is 0 Å². The summed E-state index contributed by atoms with van der Waals surface area (Å²) in [5, 5.41) is 5.89. The number of ether oxygens (including phenoxy) is 1. The molecule has 2 atom stereocenters.